The lowest BCUT2D eigenvalue weighted by molar-refractivity contribution is -0.142. The van der Waals surface area contributed by atoms with E-state index in [0.29, 0.717) is 5.75 Å². The summed E-state index contributed by atoms with van der Waals surface area (Å²) in [4.78, 5) is 49.9. The van der Waals surface area contributed by atoms with E-state index in [1.807, 2.05) is 26.2 Å². The summed E-state index contributed by atoms with van der Waals surface area (Å²) in [5.74, 6) is -2.48. The van der Waals surface area contributed by atoms with Gasteiger partial charge in [0.2, 0.25) is 17.7 Å². The van der Waals surface area contributed by atoms with Crippen molar-refractivity contribution in [1.82, 2.24) is 16.0 Å². The Morgan fingerprint density at radius 3 is 2.03 bits per heavy atom. The minimum Gasteiger partial charge on any atom is -0.480 e. The van der Waals surface area contributed by atoms with Gasteiger partial charge in [0.15, 0.2) is 0 Å². The first-order chi connectivity index (χ1) is 16.1. The van der Waals surface area contributed by atoms with Gasteiger partial charge in [0.05, 0.1) is 6.61 Å². The number of aliphatic hydroxyl groups is 1. The minimum absolute atomic E-state index is 0.0434. The largest absolute Gasteiger partial charge is 0.480 e. The van der Waals surface area contributed by atoms with Crippen LogP contribution in [0.2, 0.25) is 0 Å². The lowest BCUT2D eigenvalue weighted by Crippen LogP contribution is -2.58. The number of carboxylic acids is 1. The van der Waals surface area contributed by atoms with Gasteiger partial charge in [-0.25, -0.2) is 4.79 Å². The van der Waals surface area contributed by atoms with Crippen LogP contribution in [0.4, 0.5) is 0 Å². The fraction of sp³-hybridized carbons (Fsp3) is 0.565. The number of carbonyl (C=O) groups is 4. The third kappa shape index (κ3) is 10.5. The number of benzene rings is 1. The third-order valence-electron chi connectivity index (χ3n) is 5.01. The number of aliphatic carboxylic acids is 1. The highest BCUT2D eigenvalue weighted by molar-refractivity contribution is 7.98. The quantitative estimate of drug-likeness (QED) is 0.195. The first kappa shape index (κ1) is 29.4. The van der Waals surface area contributed by atoms with Gasteiger partial charge in [-0.1, -0.05) is 44.2 Å². The Bertz CT molecular complexity index is 808. The summed E-state index contributed by atoms with van der Waals surface area (Å²) >= 11 is 1.48. The molecule has 0 aliphatic heterocycles. The van der Waals surface area contributed by atoms with Crippen LogP contribution in [0, 0.1) is 5.92 Å². The van der Waals surface area contributed by atoms with Crippen molar-refractivity contribution in [2.45, 2.75) is 57.3 Å². The van der Waals surface area contributed by atoms with E-state index in [-0.39, 0.29) is 25.2 Å². The Balaban J connectivity index is 3.04. The van der Waals surface area contributed by atoms with E-state index in [4.69, 9.17) is 10.8 Å². The van der Waals surface area contributed by atoms with E-state index >= 15 is 0 Å². The molecule has 7 N–H and O–H groups in total. The van der Waals surface area contributed by atoms with Crippen molar-refractivity contribution < 1.29 is 29.4 Å². The van der Waals surface area contributed by atoms with Gasteiger partial charge in [-0.05, 0) is 36.3 Å². The van der Waals surface area contributed by atoms with Gasteiger partial charge in [0.25, 0.3) is 0 Å². The van der Waals surface area contributed by atoms with Crippen molar-refractivity contribution in [3.05, 3.63) is 35.9 Å². The van der Waals surface area contributed by atoms with Crippen LogP contribution >= 0.6 is 11.8 Å². The highest BCUT2D eigenvalue weighted by atomic mass is 32.2. The van der Waals surface area contributed by atoms with Gasteiger partial charge in [-0.15, -0.1) is 0 Å². The zero-order valence-corrected chi connectivity index (χ0v) is 20.6. The zero-order chi connectivity index (χ0) is 25.7. The molecule has 3 amide bonds. The molecule has 0 saturated carbocycles. The molecule has 0 saturated heterocycles. The molecule has 0 aliphatic carbocycles. The smallest absolute Gasteiger partial charge is 0.326 e. The molecule has 1 rings (SSSR count). The van der Waals surface area contributed by atoms with E-state index in [1.54, 1.807) is 24.3 Å². The number of amides is 3. The topological polar surface area (TPSA) is 171 Å². The summed E-state index contributed by atoms with van der Waals surface area (Å²) in [7, 11) is 0. The maximum atomic E-state index is 13.1. The summed E-state index contributed by atoms with van der Waals surface area (Å²) in [5, 5.41) is 26.3. The molecule has 0 radical (unpaired) electrons. The molecule has 4 atom stereocenters. The van der Waals surface area contributed by atoms with Crippen LogP contribution in [0.15, 0.2) is 30.3 Å². The molecule has 0 aliphatic rings. The standard InChI is InChI=1S/C23H36N4O6S/c1-14(2)11-19(23(32)33)27-21(30)17(9-10-34-3)25-22(31)18(26-20(29)16(24)13-28)12-15-7-5-4-6-8-15/h4-8,14,16-19,28H,9-13,24H2,1-3H3,(H,25,31)(H,26,29)(H,27,30)(H,32,33). The Morgan fingerprint density at radius 2 is 1.50 bits per heavy atom. The van der Waals surface area contributed by atoms with Crippen molar-refractivity contribution >= 4 is 35.5 Å². The average molecular weight is 497 g/mol. The number of carboxylic acid groups (broad SMARTS) is 1. The summed E-state index contributed by atoms with van der Waals surface area (Å²) in [6, 6.07) is 4.66. The zero-order valence-electron chi connectivity index (χ0n) is 19.8. The molecular weight excluding hydrogens is 460 g/mol. The molecule has 0 bridgehead atoms. The summed E-state index contributed by atoms with van der Waals surface area (Å²) in [5.41, 5.74) is 6.35. The third-order valence-corrected chi connectivity index (χ3v) is 5.66. The van der Waals surface area contributed by atoms with Gasteiger partial charge in [0.1, 0.15) is 24.2 Å². The van der Waals surface area contributed by atoms with Crippen molar-refractivity contribution in [3.8, 4) is 0 Å². The van der Waals surface area contributed by atoms with Crippen LogP contribution in [-0.4, -0.2) is 76.7 Å². The van der Waals surface area contributed by atoms with Crippen molar-refractivity contribution in [3.63, 3.8) is 0 Å². The molecule has 0 aromatic heterocycles. The van der Waals surface area contributed by atoms with E-state index in [9.17, 15) is 24.3 Å². The average Bonchev–Trinajstić information content (AvgIpc) is 2.80. The molecule has 10 nitrogen and oxygen atoms in total. The van der Waals surface area contributed by atoms with Gasteiger partial charge in [0, 0.05) is 6.42 Å². The molecule has 11 heteroatoms. The first-order valence-electron chi connectivity index (χ1n) is 11.1. The number of hydrogen-bond donors (Lipinski definition) is 6. The Morgan fingerprint density at radius 1 is 0.941 bits per heavy atom. The first-order valence-corrected chi connectivity index (χ1v) is 12.5. The number of thioether (sulfide) groups is 1. The predicted molar refractivity (Wildman–Crippen MR) is 131 cm³/mol. The lowest BCUT2D eigenvalue weighted by atomic mass is 10.0. The number of rotatable bonds is 15. The van der Waals surface area contributed by atoms with E-state index in [0.717, 1.165) is 5.56 Å². The minimum atomic E-state index is -1.20. The van der Waals surface area contributed by atoms with Gasteiger partial charge >= 0.3 is 5.97 Å². The Hall–Kier alpha value is -2.63. The van der Waals surface area contributed by atoms with Crippen molar-refractivity contribution in [1.29, 1.82) is 0 Å². The van der Waals surface area contributed by atoms with Crippen LogP contribution < -0.4 is 21.7 Å². The summed E-state index contributed by atoms with van der Waals surface area (Å²) in [6.45, 7) is 3.11. The predicted octanol–water partition coefficient (Wildman–Crippen LogP) is -0.113. The maximum Gasteiger partial charge on any atom is 0.326 e. The van der Waals surface area contributed by atoms with Crippen LogP contribution in [0.25, 0.3) is 0 Å². The van der Waals surface area contributed by atoms with E-state index in [1.165, 1.54) is 11.8 Å². The molecule has 0 spiro atoms. The number of hydrogen-bond acceptors (Lipinski definition) is 7. The Labute approximate surface area is 204 Å². The van der Waals surface area contributed by atoms with E-state index in [2.05, 4.69) is 16.0 Å². The monoisotopic (exact) mass is 496 g/mol. The molecule has 190 valence electrons. The fourth-order valence-corrected chi connectivity index (χ4v) is 3.63. The maximum absolute atomic E-state index is 13.1. The van der Waals surface area contributed by atoms with Crippen molar-refractivity contribution in [2.75, 3.05) is 18.6 Å². The summed E-state index contributed by atoms with van der Waals surface area (Å²) < 4.78 is 0. The lowest BCUT2D eigenvalue weighted by Gasteiger charge is -2.25. The number of aliphatic hydroxyl groups excluding tert-OH is 1. The van der Waals surface area contributed by atoms with E-state index < -0.39 is 54.5 Å². The van der Waals surface area contributed by atoms with Gasteiger partial charge in [-0.3, -0.25) is 14.4 Å². The molecule has 0 fully saturated rings. The van der Waals surface area contributed by atoms with Crippen LogP contribution in [0.3, 0.4) is 0 Å². The molecule has 0 heterocycles. The summed E-state index contributed by atoms with van der Waals surface area (Å²) in [6.07, 6.45) is 2.51. The number of carbonyl (C=O) groups excluding carboxylic acids is 3. The van der Waals surface area contributed by atoms with Crippen LogP contribution in [-0.2, 0) is 25.6 Å². The highest BCUT2D eigenvalue weighted by Gasteiger charge is 2.30. The molecule has 34 heavy (non-hydrogen) atoms. The fourth-order valence-electron chi connectivity index (χ4n) is 3.16. The number of nitrogens with two attached hydrogens (primary N) is 1. The molecule has 1 aromatic carbocycles. The second kappa shape index (κ2) is 15.3. The normalized spacial score (nSPS) is 14.5. The molecule has 1 aromatic rings. The molecular formula is C23H36N4O6S. The van der Waals surface area contributed by atoms with Gasteiger partial charge in [-0.2, -0.15) is 11.8 Å². The second-order valence-corrected chi connectivity index (χ2v) is 9.40. The second-order valence-electron chi connectivity index (χ2n) is 8.41. The number of nitrogens with one attached hydrogen (secondary N) is 3. The van der Waals surface area contributed by atoms with Crippen LogP contribution in [0.1, 0.15) is 32.3 Å². The van der Waals surface area contributed by atoms with Gasteiger partial charge < -0.3 is 31.9 Å². The highest BCUT2D eigenvalue weighted by Crippen LogP contribution is 2.09. The van der Waals surface area contributed by atoms with Crippen LogP contribution in [0.5, 0.6) is 0 Å². The van der Waals surface area contributed by atoms with Crippen molar-refractivity contribution in [2.24, 2.45) is 11.7 Å². The molecule has 4 unspecified atom stereocenters. The SMILES string of the molecule is CSCCC(NC(=O)C(Cc1ccccc1)NC(=O)C(N)CO)C(=O)NC(CC(C)C)C(=O)O. The Kier molecular flexibility index (Phi) is 13.2.